The maximum atomic E-state index is 13.3. The van der Waals surface area contributed by atoms with Gasteiger partial charge in [-0.15, -0.1) is 13.2 Å². The molecule has 0 saturated carbocycles. The highest BCUT2D eigenvalue weighted by Gasteiger charge is 2.42. The standard InChI is InChI=1S/C16H30N2O7P2/c1-9-11-17(13(3)15(19)23-5)26(7,21)25-27(8,22)18(12-10-2)14(4)16(20)24-6/h9-10,13-14H,1-2,11-12H2,3-8H3/t13-,14-,26?,27?/m0/s1. The first kappa shape index (κ1) is 25.8. The van der Waals surface area contributed by atoms with Gasteiger partial charge in [0.25, 0.3) is 15.0 Å². The van der Waals surface area contributed by atoms with Gasteiger partial charge in [-0.3, -0.25) is 18.7 Å². The number of hydrogen-bond acceptors (Lipinski definition) is 7. The van der Waals surface area contributed by atoms with Gasteiger partial charge in [0.05, 0.1) is 14.2 Å². The van der Waals surface area contributed by atoms with E-state index in [9.17, 15) is 18.7 Å². The highest BCUT2D eigenvalue weighted by molar-refractivity contribution is 7.69. The van der Waals surface area contributed by atoms with Crippen LogP contribution in [0.25, 0.3) is 0 Å². The molecule has 0 radical (unpaired) electrons. The Labute approximate surface area is 161 Å². The Morgan fingerprint density at radius 3 is 1.41 bits per heavy atom. The molecule has 0 aromatic heterocycles. The molecule has 0 saturated heterocycles. The van der Waals surface area contributed by atoms with E-state index in [1.165, 1.54) is 62.9 Å². The largest absolute Gasteiger partial charge is 0.468 e. The maximum absolute atomic E-state index is 13.3. The lowest BCUT2D eigenvalue weighted by molar-refractivity contribution is -0.145. The molecule has 4 atom stereocenters. The molecule has 9 nitrogen and oxygen atoms in total. The van der Waals surface area contributed by atoms with Gasteiger partial charge in [-0.2, -0.15) is 0 Å². The highest BCUT2D eigenvalue weighted by atomic mass is 31.2. The van der Waals surface area contributed by atoms with E-state index in [0.717, 1.165) is 0 Å². The third-order valence-corrected chi connectivity index (χ3v) is 9.16. The first-order chi connectivity index (χ1) is 12.4. The zero-order chi connectivity index (χ0) is 21.4. The highest BCUT2D eigenvalue weighted by Crippen LogP contribution is 2.64. The van der Waals surface area contributed by atoms with Gasteiger partial charge in [0.2, 0.25) is 0 Å². The summed E-state index contributed by atoms with van der Waals surface area (Å²) in [5, 5.41) is 0. The maximum Gasteiger partial charge on any atom is 0.323 e. The van der Waals surface area contributed by atoms with Crippen molar-refractivity contribution in [3.05, 3.63) is 25.3 Å². The summed E-state index contributed by atoms with van der Waals surface area (Å²) in [6, 6.07) is -1.84. The number of carbonyl (C=O) groups excluding carboxylic acids is 2. The topological polar surface area (TPSA) is 102 Å². The summed E-state index contributed by atoms with van der Waals surface area (Å²) >= 11 is 0. The Kier molecular flexibility index (Phi) is 10.4. The number of hydrogen-bond donors (Lipinski definition) is 0. The summed E-state index contributed by atoms with van der Waals surface area (Å²) in [5.74, 6) is -1.25. The third-order valence-electron chi connectivity index (χ3n) is 3.85. The van der Waals surface area contributed by atoms with E-state index in [2.05, 4.69) is 22.6 Å². The van der Waals surface area contributed by atoms with Gasteiger partial charge < -0.3 is 9.47 Å². The normalized spacial score (nSPS) is 18.1. The van der Waals surface area contributed by atoms with Crippen LogP contribution in [0.1, 0.15) is 13.8 Å². The average Bonchev–Trinajstić information content (AvgIpc) is 2.60. The van der Waals surface area contributed by atoms with E-state index < -0.39 is 39.1 Å². The van der Waals surface area contributed by atoms with Gasteiger partial charge in [-0.05, 0) is 13.8 Å². The predicted molar refractivity (Wildman–Crippen MR) is 105 cm³/mol. The van der Waals surface area contributed by atoms with Crippen LogP contribution in [0.4, 0.5) is 0 Å². The number of ether oxygens (including phenoxy) is 2. The molecule has 11 heteroatoms. The molecule has 0 heterocycles. The van der Waals surface area contributed by atoms with Gasteiger partial charge in [0, 0.05) is 26.4 Å². The fourth-order valence-corrected chi connectivity index (χ4v) is 7.74. The van der Waals surface area contributed by atoms with Crippen molar-refractivity contribution in [2.45, 2.75) is 25.9 Å². The van der Waals surface area contributed by atoms with E-state index in [1.807, 2.05) is 0 Å². The quantitative estimate of drug-likeness (QED) is 0.266. The second-order valence-corrected chi connectivity index (χ2v) is 10.8. The average molecular weight is 424 g/mol. The minimum Gasteiger partial charge on any atom is -0.468 e. The molecule has 156 valence electrons. The third kappa shape index (κ3) is 7.01. The molecule has 2 unspecified atom stereocenters. The molecular weight excluding hydrogens is 394 g/mol. The Morgan fingerprint density at radius 1 is 0.889 bits per heavy atom. The van der Waals surface area contributed by atoms with Gasteiger partial charge in [0.1, 0.15) is 12.1 Å². The molecule has 27 heavy (non-hydrogen) atoms. The van der Waals surface area contributed by atoms with Crippen LogP contribution < -0.4 is 0 Å². The minimum absolute atomic E-state index is 0.0397. The van der Waals surface area contributed by atoms with Crippen LogP contribution in [0.3, 0.4) is 0 Å². The molecule has 0 N–H and O–H groups in total. The summed E-state index contributed by atoms with van der Waals surface area (Å²) in [5.41, 5.74) is 0. The van der Waals surface area contributed by atoms with Gasteiger partial charge in [-0.25, -0.2) is 13.7 Å². The smallest absolute Gasteiger partial charge is 0.323 e. The predicted octanol–water partition coefficient (Wildman–Crippen LogP) is 2.75. The summed E-state index contributed by atoms with van der Waals surface area (Å²) < 4.78 is 43.9. The van der Waals surface area contributed by atoms with Gasteiger partial charge in [0.15, 0.2) is 0 Å². The molecule has 0 rings (SSSR count). The monoisotopic (exact) mass is 424 g/mol. The number of nitrogens with zero attached hydrogens (tertiary/aromatic N) is 2. The van der Waals surface area contributed by atoms with E-state index in [0.29, 0.717) is 0 Å². The van der Waals surface area contributed by atoms with Crippen molar-refractivity contribution in [2.24, 2.45) is 0 Å². The van der Waals surface area contributed by atoms with Crippen molar-refractivity contribution in [1.29, 1.82) is 0 Å². The molecule has 0 aliphatic rings. The first-order valence-corrected chi connectivity index (χ1v) is 12.2. The number of rotatable bonds is 12. The van der Waals surface area contributed by atoms with Crippen molar-refractivity contribution in [3.63, 3.8) is 0 Å². The SMILES string of the molecule is C=CCN([C@@H](C)C(=O)OC)P(C)(=O)OP(C)(=O)N(CC=C)[C@@H](C)C(=O)OC. The van der Waals surface area contributed by atoms with Crippen LogP contribution in [0.2, 0.25) is 0 Å². The Balaban J connectivity index is 5.84. The molecule has 0 aromatic carbocycles. The molecule has 0 spiro atoms. The molecule has 0 fully saturated rings. The van der Waals surface area contributed by atoms with Crippen molar-refractivity contribution in [1.82, 2.24) is 9.34 Å². The van der Waals surface area contributed by atoms with Crippen LogP contribution in [0.5, 0.6) is 0 Å². The zero-order valence-corrected chi connectivity index (χ0v) is 18.6. The van der Waals surface area contributed by atoms with E-state index in [-0.39, 0.29) is 13.1 Å². The number of carbonyl (C=O) groups is 2. The molecule has 0 aliphatic heterocycles. The fourth-order valence-electron chi connectivity index (χ4n) is 2.47. The second-order valence-electron chi connectivity index (χ2n) is 5.91. The summed E-state index contributed by atoms with van der Waals surface area (Å²) in [7, 11) is -5.08. The van der Waals surface area contributed by atoms with Crippen molar-refractivity contribution in [2.75, 3.05) is 40.6 Å². The van der Waals surface area contributed by atoms with Crippen molar-refractivity contribution < 1.29 is 32.5 Å². The Morgan fingerprint density at radius 2 is 1.19 bits per heavy atom. The second kappa shape index (κ2) is 10.9. The van der Waals surface area contributed by atoms with Crippen LogP contribution in [-0.4, -0.2) is 74.0 Å². The van der Waals surface area contributed by atoms with Crippen LogP contribution in [0.15, 0.2) is 25.3 Å². The summed E-state index contributed by atoms with van der Waals surface area (Å²) in [6.07, 6.45) is 2.89. The molecule has 0 bridgehead atoms. The number of methoxy groups -OCH3 is 2. The molecule has 0 aromatic rings. The number of esters is 2. The van der Waals surface area contributed by atoms with Crippen molar-refractivity contribution >= 4 is 27.0 Å². The van der Waals surface area contributed by atoms with Crippen LogP contribution in [0, 0.1) is 0 Å². The fraction of sp³-hybridized carbons (Fsp3) is 0.625. The molecule has 0 amide bonds. The zero-order valence-electron chi connectivity index (χ0n) is 16.8. The van der Waals surface area contributed by atoms with Gasteiger partial charge in [-0.1, -0.05) is 12.2 Å². The Bertz CT molecular complexity index is 599. The lowest BCUT2D eigenvalue weighted by Crippen LogP contribution is -2.40. The van der Waals surface area contributed by atoms with E-state index in [1.54, 1.807) is 0 Å². The summed E-state index contributed by atoms with van der Waals surface area (Å²) in [6.45, 7) is 12.7. The lowest BCUT2D eigenvalue weighted by atomic mass is 10.3. The first-order valence-electron chi connectivity index (χ1n) is 8.17. The molecular formula is C16H30N2O7P2. The van der Waals surface area contributed by atoms with Crippen molar-refractivity contribution in [3.8, 4) is 0 Å². The van der Waals surface area contributed by atoms with Gasteiger partial charge >= 0.3 is 11.9 Å². The van der Waals surface area contributed by atoms with Crippen LogP contribution in [-0.2, 0) is 32.5 Å². The lowest BCUT2D eigenvalue weighted by Gasteiger charge is -2.37. The van der Waals surface area contributed by atoms with Crippen LogP contribution >= 0.6 is 15.0 Å². The summed E-state index contributed by atoms with van der Waals surface area (Å²) in [4.78, 5) is 23.8. The molecule has 0 aliphatic carbocycles. The van der Waals surface area contributed by atoms with E-state index in [4.69, 9.17) is 4.31 Å². The Hall–Kier alpha value is -1.24. The van der Waals surface area contributed by atoms with E-state index >= 15 is 0 Å². The minimum atomic E-state index is -3.75.